The number of benzene rings is 1. The van der Waals surface area contributed by atoms with Gasteiger partial charge in [0.25, 0.3) is 0 Å². The fourth-order valence-corrected chi connectivity index (χ4v) is 1.88. The van der Waals surface area contributed by atoms with Crippen LogP contribution in [0.25, 0.3) is 11.0 Å². The standard InChI is InChI=1S/C13H17N3O2/c1-9-14-11-5-4-10(8-12(11)15-9)6-7-16(2)13(17)18-3/h4-5,8H,6-7H2,1-3H3,(H,14,15). The molecule has 0 saturated heterocycles. The second kappa shape index (κ2) is 5.08. The van der Waals surface area contributed by atoms with Gasteiger partial charge >= 0.3 is 6.09 Å². The summed E-state index contributed by atoms with van der Waals surface area (Å²) in [6, 6.07) is 6.10. The minimum atomic E-state index is -0.312. The van der Waals surface area contributed by atoms with Crippen LogP contribution in [-0.4, -0.2) is 41.7 Å². The van der Waals surface area contributed by atoms with Gasteiger partial charge in [0.05, 0.1) is 18.1 Å². The van der Waals surface area contributed by atoms with Gasteiger partial charge in [-0.2, -0.15) is 0 Å². The number of nitrogens with one attached hydrogen (secondary N) is 1. The first-order valence-corrected chi connectivity index (χ1v) is 5.84. The Morgan fingerprint density at radius 3 is 3.00 bits per heavy atom. The van der Waals surface area contributed by atoms with Crippen molar-refractivity contribution in [1.29, 1.82) is 0 Å². The van der Waals surface area contributed by atoms with Gasteiger partial charge in [0.15, 0.2) is 0 Å². The van der Waals surface area contributed by atoms with Crippen molar-refractivity contribution >= 4 is 17.1 Å². The summed E-state index contributed by atoms with van der Waals surface area (Å²) in [5, 5.41) is 0. The molecule has 0 spiro atoms. The Balaban J connectivity index is 2.05. The highest BCUT2D eigenvalue weighted by Crippen LogP contribution is 2.14. The zero-order valence-electron chi connectivity index (χ0n) is 10.9. The summed E-state index contributed by atoms with van der Waals surface area (Å²) < 4.78 is 4.64. The number of rotatable bonds is 3. The molecule has 0 aliphatic rings. The Labute approximate surface area is 106 Å². The van der Waals surface area contributed by atoms with Gasteiger partial charge in [-0.25, -0.2) is 9.78 Å². The van der Waals surface area contributed by atoms with Gasteiger partial charge < -0.3 is 14.6 Å². The Kier molecular flexibility index (Phi) is 3.50. The average Bonchev–Trinajstić information content (AvgIpc) is 2.74. The van der Waals surface area contributed by atoms with E-state index in [1.54, 1.807) is 11.9 Å². The molecular formula is C13H17N3O2. The summed E-state index contributed by atoms with van der Waals surface area (Å²) in [4.78, 5) is 20.3. The lowest BCUT2D eigenvalue weighted by Crippen LogP contribution is -2.28. The Hall–Kier alpha value is -2.04. The summed E-state index contributed by atoms with van der Waals surface area (Å²) in [7, 11) is 3.11. The van der Waals surface area contributed by atoms with Crippen molar-refractivity contribution in [2.45, 2.75) is 13.3 Å². The van der Waals surface area contributed by atoms with Crippen LogP contribution in [0.4, 0.5) is 4.79 Å². The number of likely N-dealkylation sites (N-methyl/N-ethyl adjacent to an activating group) is 1. The minimum Gasteiger partial charge on any atom is -0.453 e. The predicted molar refractivity (Wildman–Crippen MR) is 69.6 cm³/mol. The molecule has 2 aromatic rings. The number of carbonyl (C=O) groups excluding carboxylic acids is 1. The topological polar surface area (TPSA) is 58.2 Å². The van der Waals surface area contributed by atoms with Crippen LogP contribution < -0.4 is 0 Å². The van der Waals surface area contributed by atoms with E-state index >= 15 is 0 Å². The molecular weight excluding hydrogens is 230 g/mol. The molecule has 2 rings (SSSR count). The number of amides is 1. The maximum atomic E-state index is 11.2. The number of methoxy groups -OCH3 is 1. The Morgan fingerprint density at radius 1 is 1.50 bits per heavy atom. The third-order valence-electron chi connectivity index (χ3n) is 2.89. The van der Waals surface area contributed by atoms with Crippen molar-refractivity contribution in [1.82, 2.24) is 14.9 Å². The van der Waals surface area contributed by atoms with E-state index in [2.05, 4.69) is 20.8 Å². The van der Waals surface area contributed by atoms with E-state index < -0.39 is 0 Å². The van der Waals surface area contributed by atoms with E-state index in [-0.39, 0.29) is 6.09 Å². The maximum absolute atomic E-state index is 11.2. The van der Waals surface area contributed by atoms with E-state index in [1.807, 2.05) is 19.1 Å². The number of hydrogen-bond donors (Lipinski definition) is 1. The quantitative estimate of drug-likeness (QED) is 0.903. The fraction of sp³-hybridized carbons (Fsp3) is 0.385. The van der Waals surface area contributed by atoms with Gasteiger partial charge in [0, 0.05) is 13.6 Å². The summed E-state index contributed by atoms with van der Waals surface area (Å²) in [5.74, 6) is 0.911. The Bertz CT molecular complexity index is 562. The van der Waals surface area contributed by atoms with Gasteiger partial charge in [-0.3, -0.25) is 0 Å². The van der Waals surface area contributed by atoms with Gasteiger partial charge in [0.2, 0.25) is 0 Å². The molecule has 1 aromatic carbocycles. The molecule has 0 unspecified atom stereocenters. The number of aromatic amines is 1. The number of imidazole rings is 1. The smallest absolute Gasteiger partial charge is 0.409 e. The average molecular weight is 247 g/mol. The molecule has 96 valence electrons. The van der Waals surface area contributed by atoms with E-state index in [0.717, 1.165) is 23.3 Å². The summed E-state index contributed by atoms with van der Waals surface area (Å²) >= 11 is 0. The van der Waals surface area contributed by atoms with Crippen LogP contribution in [0.1, 0.15) is 11.4 Å². The van der Waals surface area contributed by atoms with Crippen LogP contribution in [0.5, 0.6) is 0 Å². The van der Waals surface area contributed by atoms with E-state index in [9.17, 15) is 4.79 Å². The molecule has 18 heavy (non-hydrogen) atoms. The van der Waals surface area contributed by atoms with Crippen molar-refractivity contribution in [2.75, 3.05) is 20.7 Å². The monoisotopic (exact) mass is 247 g/mol. The third-order valence-corrected chi connectivity index (χ3v) is 2.89. The number of fused-ring (bicyclic) bond motifs is 1. The zero-order valence-corrected chi connectivity index (χ0v) is 10.9. The van der Waals surface area contributed by atoms with Crippen molar-refractivity contribution < 1.29 is 9.53 Å². The maximum Gasteiger partial charge on any atom is 0.409 e. The van der Waals surface area contributed by atoms with Crippen molar-refractivity contribution in [3.05, 3.63) is 29.6 Å². The number of hydrogen-bond acceptors (Lipinski definition) is 3. The summed E-state index contributed by atoms with van der Waals surface area (Å²) in [6.07, 6.45) is 0.480. The fourth-order valence-electron chi connectivity index (χ4n) is 1.88. The molecule has 1 N–H and O–H groups in total. The second-order valence-electron chi connectivity index (χ2n) is 4.32. The number of nitrogens with zero attached hydrogens (tertiary/aromatic N) is 2. The third kappa shape index (κ3) is 2.61. The molecule has 1 aromatic heterocycles. The molecule has 1 amide bonds. The van der Waals surface area contributed by atoms with E-state index in [4.69, 9.17) is 0 Å². The number of aromatic nitrogens is 2. The first-order valence-electron chi connectivity index (χ1n) is 5.84. The predicted octanol–water partition coefficient (Wildman–Crippen LogP) is 2.11. The molecule has 0 radical (unpaired) electrons. The Morgan fingerprint density at radius 2 is 2.28 bits per heavy atom. The van der Waals surface area contributed by atoms with Crippen LogP contribution in [0.15, 0.2) is 18.2 Å². The lowest BCUT2D eigenvalue weighted by Gasteiger charge is -2.14. The van der Waals surface area contributed by atoms with E-state index in [0.29, 0.717) is 6.54 Å². The van der Waals surface area contributed by atoms with Crippen LogP contribution >= 0.6 is 0 Å². The van der Waals surface area contributed by atoms with E-state index in [1.165, 1.54) is 12.7 Å². The number of ether oxygens (including phenoxy) is 1. The molecule has 5 heteroatoms. The molecule has 1 heterocycles. The molecule has 0 aliphatic carbocycles. The molecule has 0 saturated carbocycles. The molecule has 0 bridgehead atoms. The van der Waals surface area contributed by atoms with Crippen LogP contribution in [0.3, 0.4) is 0 Å². The van der Waals surface area contributed by atoms with Crippen LogP contribution in [0.2, 0.25) is 0 Å². The highest BCUT2D eigenvalue weighted by Gasteiger charge is 2.08. The zero-order chi connectivity index (χ0) is 13.1. The minimum absolute atomic E-state index is 0.312. The molecule has 5 nitrogen and oxygen atoms in total. The van der Waals surface area contributed by atoms with Crippen molar-refractivity contribution in [3.63, 3.8) is 0 Å². The number of aryl methyl sites for hydroxylation is 1. The summed E-state index contributed by atoms with van der Waals surface area (Å²) in [6.45, 7) is 2.57. The number of H-pyrrole nitrogens is 1. The summed E-state index contributed by atoms with van der Waals surface area (Å²) in [5.41, 5.74) is 3.17. The van der Waals surface area contributed by atoms with Crippen molar-refractivity contribution in [3.8, 4) is 0 Å². The lowest BCUT2D eigenvalue weighted by atomic mass is 10.1. The number of carbonyl (C=O) groups is 1. The largest absolute Gasteiger partial charge is 0.453 e. The van der Waals surface area contributed by atoms with Gasteiger partial charge in [-0.15, -0.1) is 0 Å². The van der Waals surface area contributed by atoms with Gasteiger partial charge in [-0.1, -0.05) is 6.07 Å². The molecule has 0 atom stereocenters. The van der Waals surface area contributed by atoms with Crippen LogP contribution in [0, 0.1) is 6.92 Å². The second-order valence-corrected chi connectivity index (χ2v) is 4.32. The highest BCUT2D eigenvalue weighted by atomic mass is 16.5. The van der Waals surface area contributed by atoms with Gasteiger partial charge in [0.1, 0.15) is 5.82 Å². The van der Waals surface area contributed by atoms with Crippen molar-refractivity contribution in [2.24, 2.45) is 0 Å². The normalized spacial score (nSPS) is 10.6. The lowest BCUT2D eigenvalue weighted by molar-refractivity contribution is 0.134. The van der Waals surface area contributed by atoms with Gasteiger partial charge in [-0.05, 0) is 31.0 Å². The highest BCUT2D eigenvalue weighted by molar-refractivity contribution is 5.75. The first kappa shape index (κ1) is 12.4. The molecule has 0 fully saturated rings. The first-order chi connectivity index (χ1) is 8.60. The van der Waals surface area contributed by atoms with Crippen LogP contribution in [-0.2, 0) is 11.2 Å². The SMILES string of the molecule is COC(=O)N(C)CCc1ccc2nc(C)[nH]c2c1. The molecule has 0 aliphatic heterocycles.